The number of piperazine rings is 1. The minimum absolute atomic E-state index is 0. The lowest BCUT2D eigenvalue weighted by Crippen LogP contribution is -2.52. The van der Waals surface area contributed by atoms with Gasteiger partial charge in [0.1, 0.15) is 4.90 Å². The minimum Gasteiger partial charge on any atom is -0.333 e. The highest BCUT2D eigenvalue weighted by Crippen LogP contribution is 2.31. The predicted molar refractivity (Wildman–Crippen MR) is 91.0 cm³/mol. The van der Waals surface area contributed by atoms with Crippen LogP contribution in [0.2, 0.25) is 0 Å². The fourth-order valence-corrected chi connectivity index (χ4v) is 4.63. The van der Waals surface area contributed by atoms with E-state index in [0.717, 1.165) is 4.31 Å². The summed E-state index contributed by atoms with van der Waals surface area (Å²) in [6, 6.07) is 4.33. The average Bonchev–Trinajstić information content (AvgIpc) is 2.73. The molecule has 2 amide bonds. The molecule has 0 spiro atoms. The minimum atomic E-state index is -3.85. The van der Waals surface area contributed by atoms with Gasteiger partial charge in [-0.25, -0.2) is 12.7 Å². The molecule has 3 rings (SSSR count). The SMILES string of the molecule is CCN1C(=O)c2ccc(C(=O)N3CCNCC3C)cc2S1(=O)=O.Cl. The molecule has 7 nitrogen and oxygen atoms in total. The molecule has 0 aromatic heterocycles. The lowest BCUT2D eigenvalue weighted by Gasteiger charge is -2.34. The molecule has 0 aliphatic carbocycles. The molecule has 1 aromatic carbocycles. The number of nitrogens with one attached hydrogen (secondary N) is 1. The predicted octanol–water partition coefficient (Wildman–Crippen LogP) is 0.707. The lowest BCUT2D eigenvalue weighted by molar-refractivity contribution is 0.0655. The van der Waals surface area contributed by atoms with Crippen LogP contribution in [-0.4, -0.2) is 61.7 Å². The largest absolute Gasteiger partial charge is 0.333 e. The smallest absolute Gasteiger partial charge is 0.268 e. The van der Waals surface area contributed by atoms with Crippen molar-refractivity contribution in [2.45, 2.75) is 24.8 Å². The van der Waals surface area contributed by atoms with Crippen LogP contribution in [0.25, 0.3) is 0 Å². The third-order valence-corrected chi connectivity index (χ3v) is 6.20. The van der Waals surface area contributed by atoms with E-state index in [9.17, 15) is 18.0 Å². The van der Waals surface area contributed by atoms with Gasteiger partial charge in [0.2, 0.25) is 0 Å². The van der Waals surface area contributed by atoms with Crippen LogP contribution in [0.3, 0.4) is 0 Å². The summed E-state index contributed by atoms with van der Waals surface area (Å²) in [5.74, 6) is -0.739. The number of halogens is 1. The van der Waals surface area contributed by atoms with Crippen LogP contribution < -0.4 is 5.32 Å². The molecule has 132 valence electrons. The van der Waals surface area contributed by atoms with Gasteiger partial charge in [-0.1, -0.05) is 0 Å². The van der Waals surface area contributed by atoms with Crippen molar-refractivity contribution < 1.29 is 18.0 Å². The van der Waals surface area contributed by atoms with E-state index >= 15 is 0 Å². The van der Waals surface area contributed by atoms with Crippen LogP contribution in [0.4, 0.5) is 0 Å². The van der Waals surface area contributed by atoms with Gasteiger partial charge in [-0.2, -0.15) is 0 Å². The Morgan fingerprint density at radius 2 is 2.08 bits per heavy atom. The molecule has 24 heavy (non-hydrogen) atoms. The zero-order valence-corrected chi connectivity index (χ0v) is 15.1. The number of carbonyl (C=O) groups is 2. The summed E-state index contributed by atoms with van der Waals surface area (Å²) < 4.78 is 25.7. The van der Waals surface area contributed by atoms with E-state index in [1.807, 2.05) is 6.92 Å². The van der Waals surface area contributed by atoms with Crippen LogP contribution in [0.5, 0.6) is 0 Å². The van der Waals surface area contributed by atoms with Crippen molar-refractivity contribution in [3.8, 4) is 0 Å². The molecule has 1 N–H and O–H groups in total. The third kappa shape index (κ3) is 2.78. The molecule has 2 aliphatic heterocycles. The first-order chi connectivity index (χ1) is 10.9. The number of amides is 2. The van der Waals surface area contributed by atoms with E-state index in [-0.39, 0.29) is 41.4 Å². The van der Waals surface area contributed by atoms with E-state index in [1.54, 1.807) is 11.8 Å². The van der Waals surface area contributed by atoms with Crippen molar-refractivity contribution in [3.05, 3.63) is 29.3 Å². The van der Waals surface area contributed by atoms with Crippen LogP contribution >= 0.6 is 12.4 Å². The Labute approximate surface area is 147 Å². The second-order valence-corrected chi connectivity index (χ2v) is 7.57. The standard InChI is InChI=1S/C15H19N3O4S.ClH/c1-3-18-15(20)12-5-4-11(8-13(12)23(18,21)22)14(19)17-7-6-16-9-10(17)2;/h4-5,8,10,16H,3,6-7,9H2,1-2H3;1H. The van der Waals surface area contributed by atoms with E-state index in [0.29, 0.717) is 25.2 Å². The number of rotatable bonds is 2. The van der Waals surface area contributed by atoms with Gasteiger partial charge in [-0.15, -0.1) is 12.4 Å². The highest BCUT2D eigenvalue weighted by molar-refractivity contribution is 7.90. The second kappa shape index (κ2) is 6.70. The van der Waals surface area contributed by atoms with Crippen molar-refractivity contribution in [1.29, 1.82) is 0 Å². The number of fused-ring (bicyclic) bond motifs is 1. The van der Waals surface area contributed by atoms with Crippen LogP contribution in [0, 0.1) is 0 Å². The van der Waals surface area contributed by atoms with Gasteiger partial charge in [-0.3, -0.25) is 9.59 Å². The maximum Gasteiger partial charge on any atom is 0.268 e. The maximum atomic E-state index is 12.7. The number of hydrogen-bond donors (Lipinski definition) is 1. The quantitative estimate of drug-likeness (QED) is 0.824. The molecular weight excluding hydrogens is 354 g/mol. The molecule has 1 saturated heterocycles. The van der Waals surface area contributed by atoms with Gasteiger partial charge < -0.3 is 10.2 Å². The molecule has 1 atom stereocenters. The summed E-state index contributed by atoms with van der Waals surface area (Å²) in [5.41, 5.74) is 0.434. The number of sulfonamides is 1. The number of carbonyl (C=O) groups excluding carboxylic acids is 2. The van der Waals surface area contributed by atoms with Crippen LogP contribution in [0.1, 0.15) is 34.6 Å². The van der Waals surface area contributed by atoms with E-state index in [4.69, 9.17) is 0 Å². The molecule has 0 radical (unpaired) electrons. The van der Waals surface area contributed by atoms with Crippen molar-refractivity contribution >= 4 is 34.2 Å². The molecule has 2 aliphatic rings. The van der Waals surface area contributed by atoms with Gasteiger partial charge in [0.05, 0.1) is 5.56 Å². The highest BCUT2D eigenvalue weighted by atomic mass is 35.5. The van der Waals surface area contributed by atoms with Crippen molar-refractivity contribution in [2.24, 2.45) is 0 Å². The van der Waals surface area contributed by atoms with E-state index in [1.165, 1.54) is 18.2 Å². The first-order valence-electron chi connectivity index (χ1n) is 7.60. The zero-order valence-electron chi connectivity index (χ0n) is 13.5. The van der Waals surface area contributed by atoms with E-state index < -0.39 is 15.9 Å². The second-order valence-electron chi connectivity index (χ2n) is 5.74. The Hall–Kier alpha value is -1.64. The normalized spacial score (nSPS) is 22.1. The molecule has 0 saturated carbocycles. The first kappa shape index (κ1) is 18.7. The molecule has 1 unspecified atom stereocenters. The summed E-state index contributed by atoms with van der Waals surface area (Å²) >= 11 is 0. The Morgan fingerprint density at radius 3 is 2.71 bits per heavy atom. The summed E-state index contributed by atoms with van der Waals surface area (Å²) in [4.78, 5) is 26.4. The summed E-state index contributed by atoms with van der Waals surface area (Å²) in [5, 5.41) is 3.20. The molecule has 1 fully saturated rings. The molecule has 1 aromatic rings. The molecule has 9 heteroatoms. The Balaban J connectivity index is 0.00000208. The Bertz CT molecular complexity index is 781. The monoisotopic (exact) mass is 373 g/mol. The van der Waals surface area contributed by atoms with Gasteiger partial charge >= 0.3 is 0 Å². The maximum absolute atomic E-state index is 12.7. The zero-order chi connectivity index (χ0) is 16.8. The van der Waals surface area contributed by atoms with E-state index in [2.05, 4.69) is 5.32 Å². The fourth-order valence-electron chi connectivity index (χ4n) is 3.03. The summed E-state index contributed by atoms with van der Waals surface area (Å²) in [6.45, 7) is 5.61. The van der Waals surface area contributed by atoms with Crippen LogP contribution in [0.15, 0.2) is 23.1 Å². The number of benzene rings is 1. The number of nitrogens with zero attached hydrogens (tertiary/aromatic N) is 2. The summed E-state index contributed by atoms with van der Waals surface area (Å²) in [6.07, 6.45) is 0. The fraction of sp³-hybridized carbons (Fsp3) is 0.467. The molecule has 2 heterocycles. The van der Waals surface area contributed by atoms with Gasteiger partial charge in [0.15, 0.2) is 0 Å². The topological polar surface area (TPSA) is 86.8 Å². The van der Waals surface area contributed by atoms with Gasteiger partial charge in [0, 0.05) is 37.8 Å². The average molecular weight is 374 g/mol. The Kier molecular flexibility index (Phi) is 5.22. The summed E-state index contributed by atoms with van der Waals surface area (Å²) in [7, 11) is -3.85. The van der Waals surface area contributed by atoms with Gasteiger partial charge in [0.25, 0.3) is 21.8 Å². The van der Waals surface area contributed by atoms with Crippen molar-refractivity contribution in [2.75, 3.05) is 26.2 Å². The lowest BCUT2D eigenvalue weighted by atomic mass is 10.1. The molecule has 0 bridgehead atoms. The molecular formula is C15H20ClN3O4S. The van der Waals surface area contributed by atoms with Crippen molar-refractivity contribution in [3.63, 3.8) is 0 Å². The van der Waals surface area contributed by atoms with Crippen LogP contribution in [-0.2, 0) is 10.0 Å². The third-order valence-electron chi connectivity index (χ3n) is 4.30. The van der Waals surface area contributed by atoms with Gasteiger partial charge in [-0.05, 0) is 32.0 Å². The Morgan fingerprint density at radius 1 is 1.38 bits per heavy atom. The van der Waals surface area contributed by atoms with Crippen molar-refractivity contribution in [1.82, 2.24) is 14.5 Å². The first-order valence-corrected chi connectivity index (χ1v) is 9.04. The highest BCUT2D eigenvalue weighted by Gasteiger charge is 2.40. The number of hydrogen-bond acceptors (Lipinski definition) is 5.